The normalized spacial score (nSPS) is 11.6. The molecular formula is C12H13FN2O. The highest BCUT2D eigenvalue weighted by Crippen LogP contribution is 2.12. The van der Waals surface area contributed by atoms with Crippen molar-refractivity contribution >= 4 is 11.6 Å². The van der Waals surface area contributed by atoms with Gasteiger partial charge in [0.05, 0.1) is 6.07 Å². The molecule has 0 saturated heterocycles. The summed E-state index contributed by atoms with van der Waals surface area (Å²) in [6, 6.07) is 7.54. The molecule has 0 aliphatic heterocycles. The number of carbonyl (C=O) groups excluding carboxylic acids is 1. The summed E-state index contributed by atoms with van der Waals surface area (Å²) in [5.41, 5.74) is 0.376. The number of halogens is 1. The summed E-state index contributed by atoms with van der Waals surface area (Å²) in [7, 11) is 0. The van der Waals surface area contributed by atoms with Crippen LogP contribution in [0.5, 0.6) is 0 Å². The third-order valence-corrected chi connectivity index (χ3v) is 2.14. The molecule has 3 nitrogen and oxygen atoms in total. The van der Waals surface area contributed by atoms with Crippen LogP contribution in [0.1, 0.15) is 19.8 Å². The van der Waals surface area contributed by atoms with Gasteiger partial charge in [0.25, 0.3) is 0 Å². The first-order chi connectivity index (χ1) is 7.67. The van der Waals surface area contributed by atoms with Crippen molar-refractivity contribution in [2.75, 3.05) is 5.32 Å². The van der Waals surface area contributed by atoms with E-state index >= 15 is 0 Å². The van der Waals surface area contributed by atoms with E-state index in [0.717, 1.165) is 6.42 Å². The number of nitrogens with one attached hydrogen (secondary N) is 1. The molecule has 0 bridgehead atoms. The Hall–Kier alpha value is -1.89. The first kappa shape index (κ1) is 12.2. The second-order valence-electron chi connectivity index (χ2n) is 3.47. The zero-order valence-corrected chi connectivity index (χ0v) is 9.03. The lowest BCUT2D eigenvalue weighted by molar-refractivity contribution is -0.118. The van der Waals surface area contributed by atoms with Crippen LogP contribution in [0.3, 0.4) is 0 Å². The minimum atomic E-state index is -0.673. The van der Waals surface area contributed by atoms with Gasteiger partial charge in [0.1, 0.15) is 11.7 Å². The molecule has 0 aliphatic carbocycles. The third kappa shape index (κ3) is 3.35. The van der Waals surface area contributed by atoms with Gasteiger partial charge >= 0.3 is 0 Å². The van der Waals surface area contributed by atoms with Gasteiger partial charge in [0.15, 0.2) is 0 Å². The lowest BCUT2D eigenvalue weighted by Gasteiger charge is -2.08. The van der Waals surface area contributed by atoms with Crippen molar-refractivity contribution < 1.29 is 9.18 Å². The van der Waals surface area contributed by atoms with E-state index in [2.05, 4.69) is 5.32 Å². The van der Waals surface area contributed by atoms with Gasteiger partial charge in [0.2, 0.25) is 5.91 Å². The summed E-state index contributed by atoms with van der Waals surface area (Å²) >= 11 is 0. The molecule has 0 aromatic heterocycles. The molecule has 1 atom stereocenters. The lowest BCUT2D eigenvalue weighted by atomic mass is 10.0. The molecule has 4 heteroatoms. The van der Waals surface area contributed by atoms with E-state index in [1.165, 1.54) is 18.2 Å². The molecule has 1 amide bonds. The predicted molar refractivity (Wildman–Crippen MR) is 59.0 cm³/mol. The summed E-state index contributed by atoms with van der Waals surface area (Å²) in [4.78, 5) is 11.6. The van der Waals surface area contributed by atoms with Gasteiger partial charge in [-0.1, -0.05) is 19.4 Å². The maximum Gasteiger partial charge on any atom is 0.241 e. The second-order valence-corrected chi connectivity index (χ2v) is 3.47. The largest absolute Gasteiger partial charge is 0.325 e. The van der Waals surface area contributed by atoms with Crippen LogP contribution in [0.15, 0.2) is 24.3 Å². The quantitative estimate of drug-likeness (QED) is 0.848. The Morgan fingerprint density at radius 1 is 1.62 bits per heavy atom. The Labute approximate surface area is 93.9 Å². The minimum absolute atomic E-state index is 0.376. The van der Waals surface area contributed by atoms with Gasteiger partial charge in [-0.2, -0.15) is 5.26 Å². The summed E-state index contributed by atoms with van der Waals surface area (Å²) in [6.45, 7) is 1.90. The zero-order valence-electron chi connectivity index (χ0n) is 9.03. The number of nitriles is 1. The van der Waals surface area contributed by atoms with Gasteiger partial charge in [0, 0.05) is 5.69 Å². The summed E-state index contributed by atoms with van der Waals surface area (Å²) in [5, 5.41) is 11.3. The van der Waals surface area contributed by atoms with E-state index in [9.17, 15) is 9.18 Å². The van der Waals surface area contributed by atoms with Crippen LogP contribution in [0, 0.1) is 23.1 Å². The summed E-state index contributed by atoms with van der Waals surface area (Å²) in [5.74, 6) is -1.47. The maximum absolute atomic E-state index is 12.8. The zero-order chi connectivity index (χ0) is 12.0. The summed E-state index contributed by atoms with van der Waals surface area (Å²) in [6.07, 6.45) is 1.27. The highest BCUT2D eigenvalue weighted by Gasteiger charge is 2.16. The molecule has 0 spiro atoms. The van der Waals surface area contributed by atoms with Gasteiger partial charge < -0.3 is 5.32 Å². The molecule has 1 N–H and O–H groups in total. The number of carbonyl (C=O) groups is 1. The molecule has 1 aromatic carbocycles. The number of amides is 1. The fraction of sp³-hybridized carbons (Fsp3) is 0.333. The van der Waals surface area contributed by atoms with Crippen LogP contribution in [0.2, 0.25) is 0 Å². The predicted octanol–water partition coefficient (Wildman–Crippen LogP) is 2.70. The average molecular weight is 220 g/mol. The number of rotatable bonds is 4. The number of hydrogen-bond donors (Lipinski definition) is 1. The van der Waals surface area contributed by atoms with Crippen LogP contribution >= 0.6 is 0 Å². The van der Waals surface area contributed by atoms with E-state index < -0.39 is 11.7 Å². The van der Waals surface area contributed by atoms with Crippen LogP contribution < -0.4 is 5.32 Å². The van der Waals surface area contributed by atoms with Crippen molar-refractivity contribution in [1.82, 2.24) is 0 Å². The number of hydrogen-bond acceptors (Lipinski definition) is 2. The molecule has 1 aromatic rings. The van der Waals surface area contributed by atoms with Crippen molar-refractivity contribution in [3.8, 4) is 6.07 Å². The standard InChI is InChI=1S/C12H13FN2O/c1-2-4-9(8-14)12(16)15-11-6-3-5-10(13)7-11/h3,5-7,9H,2,4H2,1H3,(H,15,16). The van der Waals surface area contributed by atoms with Gasteiger partial charge in [-0.3, -0.25) is 4.79 Å². The van der Waals surface area contributed by atoms with E-state index in [4.69, 9.17) is 5.26 Å². The number of nitrogens with zero attached hydrogens (tertiary/aromatic N) is 1. The van der Waals surface area contributed by atoms with Gasteiger partial charge in [-0.05, 0) is 24.6 Å². The fourth-order valence-corrected chi connectivity index (χ4v) is 1.34. The van der Waals surface area contributed by atoms with E-state index in [0.29, 0.717) is 12.1 Å². The fourth-order valence-electron chi connectivity index (χ4n) is 1.34. The molecular weight excluding hydrogens is 207 g/mol. The topological polar surface area (TPSA) is 52.9 Å². The van der Waals surface area contributed by atoms with Crippen molar-refractivity contribution in [2.45, 2.75) is 19.8 Å². The highest BCUT2D eigenvalue weighted by molar-refractivity contribution is 5.94. The molecule has 0 fully saturated rings. The Morgan fingerprint density at radius 2 is 2.38 bits per heavy atom. The molecule has 0 radical (unpaired) electrons. The Bertz CT molecular complexity index is 412. The van der Waals surface area contributed by atoms with Crippen molar-refractivity contribution in [2.24, 2.45) is 5.92 Å². The van der Waals surface area contributed by atoms with Crippen molar-refractivity contribution in [1.29, 1.82) is 5.26 Å². The molecule has 0 saturated carbocycles. The monoisotopic (exact) mass is 220 g/mol. The van der Waals surface area contributed by atoms with Crippen LogP contribution in [-0.2, 0) is 4.79 Å². The average Bonchev–Trinajstić information content (AvgIpc) is 2.25. The summed E-state index contributed by atoms with van der Waals surface area (Å²) < 4.78 is 12.8. The van der Waals surface area contributed by atoms with Crippen LogP contribution in [0.4, 0.5) is 10.1 Å². The molecule has 16 heavy (non-hydrogen) atoms. The Morgan fingerprint density at radius 3 is 2.94 bits per heavy atom. The third-order valence-electron chi connectivity index (χ3n) is 2.14. The number of anilines is 1. The number of benzene rings is 1. The molecule has 1 unspecified atom stereocenters. The van der Waals surface area contributed by atoms with Crippen LogP contribution in [-0.4, -0.2) is 5.91 Å². The molecule has 84 valence electrons. The van der Waals surface area contributed by atoms with E-state index in [1.807, 2.05) is 13.0 Å². The van der Waals surface area contributed by atoms with Gasteiger partial charge in [-0.25, -0.2) is 4.39 Å². The molecule has 0 aliphatic rings. The Balaban J connectivity index is 2.67. The van der Waals surface area contributed by atoms with E-state index in [-0.39, 0.29) is 5.91 Å². The van der Waals surface area contributed by atoms with E-state index in [1.54, 1.807) is 6.07 Å². The second kappa shape index (κ2) is 5.86. The minimum Gasteiger partial charge on any atom is -0.325 e. The first-order valence-electron chi connectivity index (χ1n) is 5.13. The molecule has 0 heterocycles. The smallest absolute Gasteiger partial charge is 0.241 e. The maximum atomic E-state index is 12.8. The Kier molecular flexibility index (Phi) is 4.46. The van der Waals surface area contributed by atoms with Crippen molar-refractivity contribution in [3.05, 3.63) is 30.1 Å². The molecule has 1 rings (SSSR count). The highest BCUT2D eigenvalue weighted by atomic mass is 19.1. The van der Waals surface area contributed by atoms with Crippen LogP contribution in [0.25, 0.3) is 0 Å². The lowest BCUT2D eigenvalue weighted by Crippen LogP contribution is -2.21. The first-order valence-corrected chi connectivity index (χ1v) is 5.13. The van der Waals surface area contributed by atoms with Crippen molar-refractivity contribution in [3.63, 3.8) is 0 Å². The van der Waals surface area contributed by atoms with Gasteiger partial charge in [-0.15, -0.1) is 0 Å². The SMILES string of the molecule is CCCC(C#N)C(=O)Nc1cccc(F)c1.